The molecule has 0 aliphatic rings. The second kappa shape index (κ2) is 8.36. The summed E-state index contributed by atoms with van der Waals surface area (Å²) in [7, 11) is 0. The number of nitrogens with two attached hydrogens (primary N) is 1. The minimum absolute atomic E-state index is 0.113. The van der Waals surface area contributed by atoms with Crippen LogP contribution in [0, 0.1) is 6.92 Å². The van der Waals surface area contributed by atoms with Crippen molar-refractivity contribution < 1.29 is 14.3 Å². The van der Waals surface area contributed by atoms with Crippen molar-refractivity contribution in [1.29, 1.82) is 0 Å². The Kier molecular flexibility index (Phi) is 6.21. The van der Waals surface area contributed by atoms with Crippen molar-refractivity contribution in [3.05, 3.63) is 58.6 Å². The Bertz CT molecular complexity index is 730. The highest BCUT2D eigenvalue weighted by atomic mass is 35.5. The van der Waals surface area contributed by atoms with Crippen LogP contribution in [0.25, 0.3) is 0 Å². The first-order valence-electron chi connectivity index (χ1n) is 7.54. The summed E-state index contributed by atoms with van der Waals surface area (Å²) < 4.78 is 5.59. The van der Waals surface area contributed by atoms with E-state index in [9.17, 15) is 9.59 Å². The number of primary amides is 1. The van der Waals surface area contributed by atoms with Crippen LogP contribution in [0.3, 0.4) is 0 Å². The average molecular weight is 347 g/mol. The summed E-state index contributed by atoms with van der Waals surface area (Å²) >= 11 is 5.95. The van der Waals surface area contributed by atoms with Crippen molar-refractivity contribution in [2.45, 2.75) is 19.8 Å². The first kappa shape index (κ1) is 17.8. The Balaban J connectivity index is 1.73. The number of carbonyl (C=O) groups is 2. The van der Waals surface area contributed by atoms with Crippen molar-refractivity contribution in [1.82, 2.24) is 0 Å². The molecule has 2 aromatic rings. The third-order valence-corrected chi connectivity index (χ3v) is 3.82. The van der Waals surface area contributed by atoms with Gasteiger partial charge in [0.15, 0.2) is 0 Å². The first-order valence-corrected chi connectivity index (χ1v) is 7.92. The molecule has 0 atom stereocenters. The van der Waals surface area contributed by atoms with Crippen LogP contribution in [0.5, 0.6) is 5.75 Å². The van der Waals surface area contributed by atoms with Gasteiger partial charge >= 0.3 is 0 Å². The molecule has 0 spiro atoms. The number of carbonyl (C=O) groups excluding carboxylic acids is 2. The topological polar surface area (TPSA) is 81.4 Å². The number of rotatable bonds is 7. The lowest BCUT2D eigenvalue weighted by Crippen LogP contribution is -2.14. The molecule has 2 aromatic carbocycles. The summed E-state index contributed by atoms with van der Waals surface area (Å²) in [4.78, 5) is 22.8. The molecule has 5 nitrogen and oxygen atoms in total. The van der Waals surface area contributed by atoms with Crippen LogP contribution in [0.2, 0.25) is 5.02 Å². The third-order valence-electron chi connectivity index (χ3n) is 3.40. The maximum Gasteiger partial charge on any atom is 0.248 e. The van der Waals surface area contributed by atoms with E-state index >= 15 is 0 Å². The summed E-state index contributed by atoms with van der Waals surface area (Å²) in [6, 6.07) is 11.9. The van der Waals surface area contributed by atoms with Gasteiger partial charge in [0.25, 0.3) is 0 Å². The highest BCUT2D eigenvalue weighted by Crippen LogP contribution is 2.21. The minimum Gasteiger partial charge on any atom is -0.494 e. The Morgan fingerprint density at radius 3 is 2.50 bits per heavy atom. The number of halogens is 1. The van der Waals surface area contributed by atoms with Crippen LogP contribution in [0.1, 0.15) is 28.8 Å². The number of benzene rings is 2. The van der Waals surface area contributed by atoms with E-state index in [1.165, 1.54) is 0 Å². The summed E-state index contributed by atoms with van der Waals surface area (Å²) in [6.45, 7) is 2.35. The third kappa shape index (κ3) is 5.28. The fourth-order valence-corrected chi connectivity index (χ4v) is 2.19. The highest BCUT2D eigenvalue weighted by molar-refractivity contribution is 6.31. The second-order valence-corrected chi connectivity index (χ2v) is 5.76. The molecule has 0 aliphatic carbocycles. The molecular formula is C18H19ClN2O3. The largest absolute Gasteiger partial charge is 0.494 e. The summed E-state index contributed by atoms with van der Waals surface area (Å²) in [5.41, 5.74) is 7.14. The summed E-state index contributed by atoms with van der Waals surface area (Å²) in [5, 5.41) is 3.46. The van der Waals surface area contributed by atoms with Gasteiger partial charge in [0, 0.05) is 22.7 Å². The van der Waals surface area contributed by atoms with Gasteiger partial charge in [0.1, 0.15) is 5.75 Å². The average Bonchev–Trinajstić information content (AvgIpc) is 2.55. The number of nitrogens with one attached hydrogen (secondary N) is 1. The monoisotopic (exact) mass is 346 g/mol. The van der Waals surface area contributed by atoms with Crippen molar-refractivity contribution in [2.24, 2.45) is 5.73 Å². The van der Waals surface area contributed by atoms with E-state index in [2.05, 4.69) is 5.32 Å². The Labute approximate surface area is 145 Å². The maximum absolute atomic E-state index is 11.9. The van der Waals surface area contributed by atoms with Crippen molar-refractivity contribution in [2.75, 3.05) is 11.9 Å². The molecule has 0 aromatic heterocycles. The van der Waals surface area contributed by atoms with E-state index in [4.69, 9.17) is 22.1 Å². The predicted molar refractivity (Wildman–Crippen MR) is 94.5 cm³/mol. The molecule has 0 bridgehead atoms. The van der Waals surface area contributed by atoms with Crippen molar-refractivity contribution in [3.63, 3.8) is 0 Å². The summed E-state index contributed by atoms with van der Waals surface area (Å²) in [5.74, 6) is 0.125. The normalized spacial score (nSPS) is 10.2. The molecule has 0 saturated heterocycles. The van der Waals surface area contributed by atoms with Crippen LogP contribution < -0.4 is 15.8 Å². The van der Waals surface area contributed by atoms with Gasteiger partial charge in [-0.15, -0.1) is 0 Å². The summed E-state index contributed by atoms with van der Waals surface area (Å²) in [6.07, 6.45) is 0.928. The molecule has 2 rings (SSSR count). The molecular weight excluding hydrogens is 328 g/mol. The van der Waals surface area contributed by atoms with Gasteiger partial charge in [0.05, 0.1) is 6.61 Å². The fourth-order valence-electron chi connectivity index (χ4n) is 2.07. The Hall–Kier alpha value is -2.53. The molecule has 0 heterocycles. The first-order chi connectivity index (χ1) is 11.5. The molecule has 126 valence electrons. The van der Waals surface area contributed by atoms with Gasteiger partial charge < -0.3 is 15.8 Å². The lowest BCUT2D eigenvalue weighted by molar-refractivity contribution is -0.116. The van der Waals surface area contributed by atoms with E-state index in [1.54, 1.807) is 36.4 Å². The molecule has 3 N–H and O–H groups in total. The van der Waals surface area contributed by atoms with Crippen LogP contribution in [-0.4, -0.2) is 18.4 Å². The van der Waals surface area contributed by atoms with E-state index < -0.39 is 5.91 Å². The fraction of sp³-hybridized carbons (Fsp3) is 0.222. The van der Waals surface area contributed by atoms with E-state index in [1.807, 2.05) is 13.0 Å². The lowest BCUT2D eigenvalue weighted by atomic mass is 10.2. The van der Waals surface area contributed by atoms with Crippen LogP contribution in [0.15, 0.2) is 42.5 Å². The molecule has 0 saturated carbocycles. The van der Waals surface area contributed by atoms with Crippen molar-refractivity contribution in [3.8, 4) is 5.75 Å². The lowest BCUT2D eigenvalue weighted by Gasteiger charge is -2.08. The molecule has 24 heavy (non-hydrogen) atoms. The zero-order chi connectivity index (χ0) is 17.5. The van der Waals surface area contributed by atoms with Crippen LogP contribution in [0.4, 0.5) is 5.69 Å². The smallest absolute Gasteiger partial charge is 0.248 e. The highest BCUT2D eigenvalue weighted by Gasteiger charge is 2.05. The number of hydrogen-bond acceptors (Lipinski definition) is 3. The van der Waals surface area contributed by atoms with Gasteiger partial charge in [-0.05, 0) is 61.4 Å². The number of amides is 2. The van der Waals surface area contributed by atoms with Crippen LogP contribution >= 0.6 is 11.6 Å². The van der Waals surface area contributed by atoms with E-state index in [0.717, 1.165) is 11.3 Å². The zero-order valence-electron chi connectivity index (χ0n) is 13.3. The second-order valence-electron chi connectivity index (χ2n) is 5.35. The number of anilines is 1. The SMILES string of the molecule is Cc1cc(OCCCC(=O)Nc2ccc(C(N)=O)cc2)ccc1Cl. The molecule has 6 heteroatoms. The molecule has 0 unspecified atom stereocenters. The van der Waals surface area contributed by atoms with Crippen molar-refractivity contribution >= 4 is 29.1 Å². The van der Waals surface area contributed by atoms with Gasteiger partial charge in [-0.3, -0.25) is 9.59 Å². The van der Waals surface area contributed by atoms with Gasteiger partial charge in [-0.25, -0.2) is 0 Å². The molecule has 0 fully saturated rings. The number of ether oxygens (including phenoxy) is 1. The molecule has 0 aliphatic heterocycles. The number of hydrogen-bond donors (Lipinski definition) is 2. The van der Waals surface area contributed by atoms with E-state index in [-0.39, 0.29) is 5.91 Å². The van der Waals surface area contributed by atoms with Gasteiger partial charge in [-0.2, -0.15) is 0 Å². The Morgan fingerprint density at radius 1 is 1.17 bits per heavy atom. The predicted octanol–water partition coefficient (Wildman–Crippen LogP) is 3.55. The standard InChI is InChI=1S/C18H19ClN2O3/c1-12-11-15(8-9-16(12)19)24-10-2-3-17(22)21-14-6-4-13(5-7-14)18(20)23/h4-9,11H,2-3,10H2,1H3,(H2,20,23)(H,21,22). The maximum atomic E-state index is 11.9. The Morgan fingerprint density at radius 2 is 1.88 bits per heavy atom. The van der Waals surface area contributed by atoms with Crippen LogP contribution in [-0.2, 0) is 4.79 Å². The zero-order valence-corrected chi connectivity index (χ0v) is 14.1. The minimum atomic E-state index is -0.498. The van der Waals surface area contributed by atoms with Gasteiger partial charge in [-0.1, -0.05) is 11.6 Å². The number of aryl methyl sites for hydroxylation is 1. The van der Waals surface area contributed by atoms with E-state index in [0.29, 0.717) is 35.7 Å². The quantitative estimate of drug-likeness (QED) is 0.752. The molecule has 2 amide bonds. The van der Waals surface area contributed by atoms with Gasteiger partial charge in [0.2, 0.25) is 11.8 Å². The molecule has 0 radical (unpaired) electrons.